The van der Waals surface area contributed by atoms with Crippen LogP contribution in [0.1, 0.15) is 69.9 Å². The lowest BCUT2D eigenvalue weighted by Gasteiger charge is -2.10. The van der Waals surface area contributed by atoms with Crippen molar-refractivity contribution in [3.05, 3.63) is 29.8 Å². The number of aliphatic hydroxyl groups is 1. The largest absolute Gasteiger partial charge is 0.494 e. The predicted octanol–water partition coefficient (Wildman–Crippen LogP) is 4.20. The van der Waals surface area contributed by atoms with Crippen molar-refractivity contribution in [2.75, 3.05) is 13.2 Å². The van der Waals surface area contributed by atoms with Gasteiger partial charge in [-0.3, -0.25) is 0 Å². The van der Waals surface area contributed by atoms with Gasteiger partial charge in [-0.15, -0.1) is 0 Å². The third kappa shape index (κ3) is 8.08. The first-order valence-electron chi connectivity index (χ1n) is 8.37. The Balaban J connectivity index is 2.05. The van der Waals surface area contributed by atoms with Crippen LogP contribution < -0.4 is 10.5 Å². The van der Waals surface area contributed by atoms with Crippen LogP contribution in [0.3, 0.4) is 0 Å². The van der Waals surface area contributed by atoms with E-state index in [-0.39, 0.29) is 12.6 Å². The van der Waals surface area contributed by atoms with Gasteiger partial charge in [0, 0.05) is 0 Å². The first-order valence-corrected chi connectivity index (χ1v) is 8.37. The van der Waals surface area contributed by atoms with E-state index in [1.54, 1.807) is 0 Å². The van der Waals surface area contributed by atoms with E-state index in [0.717, 1.165) is 24.3 Å². The fourth-order valence-electron chi connectivity index (χ4n) is 2.34. The summed E-state index contributed by atoms with van der Waals surface area (Å²) in [4.78, 5) is 0. The molecule has 0 aliphatic carbocycles. The second kappa shape index (κ2) is 11.6. The SMILES string of the molecule is CCCCCCCCCCOc1ccc(C(N)CO)cc1. The maximum Gasteiger partial charge on any atom is 0.119 e. The maximum atomic E-state index is 8.99. The van der Waals surface area contributed by atoms with Crippen LogP contribution >= 0.6 is 0 Å². The van der Waals surface area contributed by atoms with E-state index in [0.29, 0.717) is 0 Å². The quantitative estimate of drug-likeness (QED) is 0.568. The Hall–Kier alpha value is -1.06. The summed E-state index contributed by atoms with van der Waals surface area (Å²) in [6.07, 6.45) is 10.5. The van der Waals surface area contributed by atoms with Crippen LogP contribution in [-0.4, -0.2) is 18.3 Å². The Kier molecular flexibility index (Phi) is 9.92. The first kappa shape index (κ1) is 18.0. The Morgan fingerprint density at radius 2 is 1.52 bits per heavy atom. The molecule has 3 nitrogen and oxygen atoms in total. The summed E-state index contributed by atoms with van der Waals surface area (Å²) in [5.41, 5.74) is 6.69. The number of unbranched alkanes of at least 4 members (excludes halogenated alkanes) is 7. The Labute approximate surface area is 129 Å². The first-order chi connectivity index (χ1) is 10.3. The summed E-state index contributed by atoms with van der Waals surface area (Å²) in [6, 6.07) is 7.39. The minimum Gasteiger partial charge on any atom is -0.494 e. The third-order valence-corrected chi connectivity index (χ3v) is 3.77. The van der Waals surface area contributed by atoms with Crippen LogP contribution in [0, 0.1) is 0 Å². The molecule has 0 saturated carbocycles. The standard InChI is InChI=1S/C18H31NO2/c1-2-3-4-5-6-7-8-9-14-21-17-12-10-16(11-13-17)18(19)15-20/h10-13,18,20H,2-9,14-15,19H2,1H3. The van der Waals surface area contributed by atoms with Gasteiger partial charge in [0.2, 0.25) is 0 Å². The van der Waals surface area contributed by atoms with E-state index in [9.17, 15) is 0 Å². The van der Waals surface area contributed by atoms with Crippen LogP contribution in [0.15, 0.2) is 24.3 Å². The van der Waals surface area contributed by atoms with E-state index in [4.69, 9.17) is 15.6 Å². The van der Waals surface area contributed by atoms with Gasteiger partial charge in [0.1, 0.15) is 5.75 Å². The molecular formula is C18H31NO2. The summed E-state index contributed by atoms with van der Waals surface area (Å²) < 4.78 is 5.72. The highest BCUT2D eigenvalue weighted by atomic mass is 16.5. The lowest BCUT2D eigenvalue weighted by molar-refractivity contribution is 0.267. The van der Waals surface area contributed by atoms with Gasteiger partial charge in [-0.25, -0.2) is 0 Å². The molecular weight excluding hydrogens is 262 g/mol. The fourth-order valence-corrected chi connectivity index (χ4v) is 2.34. The molecule has 120 valence electrons. The van der Waals surface area contributed by atoms with Gasteiger partial charge in [-0.05, 0) is 24.1 Å². The molecule has 0 saturated heterocycles. The third-order valence-electron chi connectivity index (χ3n) is 3.77. The summed E-state index contributed by atoms with van der Waals surface area (Å²) in [6.45, 7) is 3.00. The smallest absolute Gasteiger partial charge is 0.119 e. The lowest BCUT2D eigenvalue weighted by Crippen LogP contribution is -2.14. The minimum atomic E-state index is -0.299. The average Bonchev–Trinajstić information content (AvgIpc) is 2.53. The summed E-state index contributed by atoms with van der Waals surface area (Å²) in [5, 5.41) is 8.99. The number of hydrogen-bond acceptors (Lipinski definition) is 3. The molecule has 3 heteroatoms. The molecule has 0 amide bonds. The van der Waals surface area contributed by atoms with Crippen LogP contribution in [-0.2, 0) is 0 Å². The highest BCUT2D eigenvalue weighted by Gasteiger charge is 2.03. The second-order valence-corrected chi connectivity index (χ2v) is 5.68. The number of ether oxygens (including phenoxy) is 1. The summed E-state index contributed by atoms with van der Waals surface area (Å²) in [7, 11) is 0. The molecule has 0 bridgehead atoms. The number of rotatable bonds is 12. The number of nitrogens with two attached hydrogens (primary N) is 1. The summed E-state index contributed by atoms with van der Waals surface area (Å²) in [5.74, 6) is 0.881. The van der Waals surface area contributed by atoms with Gasteiger partial charge in [0.15, 0.2) is 0 Å². The molecule has 0 radical (unpaired) electrons. The highest BCUT2D eigenvalue weighted by molar-refractivity contribution is 5.29. The average molecular weight is 293 g/mol. The van der Waals surface area contributed by atoms with E-state index in [1.165, 1.54) is 44.9 Å². The van der Waals surface area contributed by atoms with Crippen LogP contribution in [0.5, 0.6) is 5.75 Å². The van der Waals surface area contributed by atoms with Crippen molar-refractivity contribution < 1.29 is 9.84 Å². The zero-order valence-corrected chi connectivity index (χ0v) is 13.4. The molecule has 0 aromatic heterocycles. The highest BCUT2D eigenvalue weighted by Crippen LogP contribution is 2.16. The van der Waals surface area contributed by atoms with Crippen molar-refractivity contribution >= 4 is 0 Å². The van der Waals surface area contributed by atoms with E-state index < -0.39 is 0 Å². The Morgan fingerprint density at radius 1 is 0.952 bits per heavy atom. The van der Waals surface area contributed by atoms with Crippen LogP contribution in [0.4, 0.5) is 0 Å². The van der Waals surface area contributed by atoms with Gasteiger partial charge in [0.05, 0.1) is 19.3 Å². The summed E-state index contributed by atoms with van der Waals surface area (Å²) >= 11 is 0. The van der Waals surface area contributed by atoms with Crippen LogP contribution in [0.2, 0.25) is 0 Å². The molecule has 1 unspecified atom stereocenters. The topological polar surface area (TPSA) is 55.5 Å². The maximum absolute atomic E-state index is 8.99. The van der Waals surface area contributed by atoms with E-state index >= 15 is 0 Å². The van der Waals surface area contributed by atoms with E-state index in [2.05, 4.69) is 6.92 Å². The normalized spacial score (nSPS) is 12.3. The van der Waals surface area contributed by atoms with Crippen molar-refractivity contribution in [1.29, 1.82) is 0 Å². The fraction of sp³-hybridized carbons (Fsp3) is 0.667. The molecule has 1 atom stereocenters. The molecule has 0 aliphatic heterocycles. The van der Waals surface area contributed by atoms with Gasteiger partial charge >= 0.3 is 0 Å². The zero-order chi connectivity index (χ0) is 15.3. The number of benzene rings is 1. The van der Waals surface area contributed by atoms with Gasteiger partial charge in [0.25, 0.3) is 0 Å². The molecule has 1 aromatic rings. The van der Waals surface area contributed by atoms with Crippen molar-refractivity contribution in [3.8, 4) is 5.75 Å². The van der Waals surface area contributed by atoms with Gasteiger partial charge in [-0.2, -0.15) is 0 Å². The number of hydrogen-bond donors (Lipinski definition) is 2. The zero-order valence-electron chi connectivity index (χ0n) is 13.4. The molecule has 0 fully saturated rings. The van der Waals surface area contributed by atoms with Crippen molar-refractivity contribution in [3.63, 3.8) is 0 Å². The Bertz CT molecular complexity index is 351. The minimum absolute atomic E-state index is 0.0293. The monoisotopic (exact) mass is 293 g/mol. The van der Waals surface area contributed by atoms with E-state index in [1.807, 2.05) is 24.3 Å². The number of aliphatic hydroxyl groups excluding tert-OH is 1. The molecule has 0 spiro atoms. The molecule has 0 aliphatic rings. The second-order valence-electron chi connectivity index (χ2n) is 5.68. The molecule has 1 rings (SSSR count). The molecule has 1 aromatic carbocycles. The molecule has 3 N–H and O–H groups in total. The molecule has 21 heavy (non-hydrogen) atoms. The van der Waals surface area contributed by atoms with Crippen LogP contribution in [0.25, 0.3) is 0 Å². The van der Waals surface area contributed by atoms with Crippen molar-refractivity contribution in [1.82, 2.24) is 0 Å². The lowest BCUT2D eigenvalue weighted by atomic mass is 10.1. The Morgan fingerprint density at radius 3 is 2.10 bits per heavy atom. The predicted molar refractivity (Wildman–Crippen MR) is 88.6 cm³/mol. The van der Waals surface area contributed by atoms with Crippen molar-refractivity contribution in [2.24, 2.45) is 5.73 Å². The van der Waals surface area contributed by atoms with Gasteiger partial charge < -0.3 is 15.6 Å². The van der Waals surface area contributed by atoms with Gasteiger partial charge in [-0.1, -0.05) is 64.0 Å². The van der Waals surface area contributed by atoms with Crippen molar-refractivity contribution in [2.45, 2.75) is 64.3 Å². The molecule has 0 heterocycles.